The highest BCUT2D eigenvalue weighted by Gasteiger charge is 2.29. The number of hydrogen-bond donors (Lipinski definition) is 1. The van der Waals surface area contributed by atoms with E-state index in [9.17, 15) is 4.79 Å². The Morgan fingerprint density at radius 3 is 2.26 bits per heavy atom. The van der Waals surface area contributed by atoms with Crippen LogP contribution in [0.2, 0.25) is 0 Å². The molecule has 5 nitrogen and oxygen atoms in total. The Morgan fingerprint density at radius 2 is 1.79 bits per heavy atom. The average Bonchev–Trinajstić information content (AvgIpc) is 2.44. The highest BCUT2D eigenvalue weighted by atomic mass is 16.5. The van der Waals surface area contributed by atoms with Crippen molar-refractivity contribution >= 4 is 11.6 Å². The number of anilines is 1. The molecule has 19 heavy (non-hydrogen) atoms. The molecule has 0 atom stereocenters. The fourth-order valence-corrected chi connectivity index (χ4v) is 1.68. The van der Waals surface area contributed by atoms with Crippen LogP contribution in [-0.2, 0) is 4.79 Å². The van der Waals surface area contributed by atoms with Gasteiger partial charge in [0.25, 0.3) is 0 Å². The van der Waals surface area contributed by atoms with E-state index in [1.807, 2.05) is 19.9 Å². The highest BCUT2D eigenvalue weighted by molar-refractivity contribution is 5.99. The summed E-state index contributed by atoms with van der Waals surface area (Å²) in [6, 6.07) is 5.39. The minimum Gasteiger partial charge on any atom is -0.493 e. The second-order valence-corrected chi connectivity index (χ2v) is 4.78. The molecule has 0 unspecified atom stereocenters. The number of methoxy groups -OCH3 is 2. The first-order valence-electron chi connectivity index (χ1n) is 6.06. The monoisotopic (exact) mass is 266 g/mol. The van der Waals surface area contributed by atoms with E-state index in [0.29, 0.717) is 11.5 Å². The topological polar surface area (TPSA) is 50.8 Å². The zero-order valence-corrected chi connectivity index (χ0v) is 12.4. The van der Waals surface area contributed by atoms with E-state index in [-0.39, 0.29) is 5.91 Å². The second-order valence-electron chi connectivity index (χ2n) is 4.78. The summed E-state index contributed by atoms with van der Waals surface area (Å²) >= 11 is 0. The fraction of sp³-hybridized carbons (Fsp3) is 0.500. The quantitative estimate of drug-likeness (QED) is 0.880. The van der Waals surface area contributed by atoms with Crippen molar-refractivity contribution in [3.8, 4) is 11.5 Å². The minimum atomic E-state index is -0.623. The Bertz CT molecular complexity index is 458. The lowest BCUT2D eigenvalue weighted by Gasteiger charge is -2.29. The number of nitrogens with zero attached hydrogens (tertiary/aromatic N) is 1. The van der Waals surface area contributed by atoms with Gasteiger partial charge in [-0.15, -0.1) is 0 Å². The number of rotatable bonds is 5. The molecule has 0 aliphatic carbocycles. The average molecular weight is 266 g/mol. The van der Waals surface area contributed by atoms with Crippen molar-refractivity contribution in [1.82, 2.24) is 5.32 Å². The smallest absolute Gasteiger partial charge is 0.246 e. The summed E-state index contributed by atoms with van der Waals surface area (Å²) in [5.41, 5.74) is 0.132. The number of hydrogen-bond acceptors (Lipinski definition) is 4. The van der Waals surface area contributed by atoms with Gasteiger partial charge in [0.2, 0.25) is 5.91 Å². The first-order chi connectivity index (χ1) is 8.87. The number of nitrogens with one attached hydrogen (secondary N) is 1. The van der Waals surface area contributed by atoms with E-state index in [4.69, 9.17) is 9.47 Å². The summed E-state index contributed by atoms with van der Waals surface area (Å²) in [5, 5.41) is 3.00. The molecule has 0 radical (unpaired) electrons. The Balaban J connectivity index is 3.07. The van der Waals surface area contributed by atoms with Gasteiger partial charge in [-0.1, -0.05) is 0 Å². The molecule has 0 fully saturated rings. The maximum atomic E-state index is 12.3. The van der Waals surface area contributed by atoms with Gasteiger partial charge in [-0.2, -0.15) is 0 Å². The molecule has 1 aromatic rings. The first kappa shape index (κ1) is 15.3. The zero-order chi connectivity index (χ0) is 14.6. The summed E-state index contributed by atoms with van der Waals surface area (Å²) in [4.78, 5) is 13.9. The van der Waals surface area contributed by atoms with Crippen LogP contribution in [0.3, 0.4) is 0 Å². The number of likely N-dealkylation sites (N-methyl/N-ethyl adjacent to an activating group) is 2. The highest BCUT2D eigenvalue weighted by Crippen LogP contribution is 2.31. The summed E-state index contributed by atoms with van der Waals surface area (Å²) in [6.07, 6.45) is 0. The van der Waals surface area contributed by atoms with Crippen molar-refractivity contribution in [2.75, 3.05) is 33.2 Å². The molecular weight excluding hydrogens is 244 g/mol. The van der Waals surface area contributed by atoms with E-state index in [1.165, 1.54) is 0 Å². The van der Waals surface area contributed by atoms with Crippen molar-refractivity contribution < 1.29 is 14.3 Å². The Hall–Kier alpha value is -1.75. The van der Waals surface area contributed by atoms with E-state index < -0.39 is 5.54 Å². The van der Waals surface area contributed by atoms with Crippen molar-refractivity contribution in [2.45, 2.75) is 19.4 Å². The Kier molecular flexibility index (Phi) is 4.78. The SMILES string of the molecule is CNC(C)(C)C(=O)N(C)c1ccc(OC)c(OC)c1. The van der Waals surface area contributed by atoms with Crippen molar-refractivity contribution in [2.24, 2.45) is 0 Å². The molecule has 1 aromatic carbocycles. The third kappa shape index (κ3) is 3.17. The minimum absolute atomic E-state index is 0.0257. The lowest BCUT2D eigenvalue weighted by molar-refractivity contribution is -0.123. The van der Waals surface area contributed by atoms with Crippen LogP contribution in [0.15, 0.2) is 18.2 Å². The van der Waals surface area contributed by atoms with Gasteiger partial charge in [0, 0.05) is 18.8 Å². The van der Waals surface area contributed by atoms with E-state index in [0.717, 1.165) is 5.69 Å². The maximum absolute atomic E-state index is 12.3. The maximum Gasteiger partial charge on any atom is 0.246 e. The van der Waals surface area contributed by atoms with Gasteiger partial charge in [-0.3, -0.25) is 4.79 Å². The summed E-state index contributed by atoms with van der Waals surface area (Å²) in [5.74, 6) is 1.21. The van der Waals surface area contributed by atoms with Gasteiger partial charge in [-0.25, -0.2) is 0 Å². The molecule has 0 saturated heterocycles. The molecule has 0 aliphatic rings. The number of ether oxygens (including phenoxy) is 2. The molecule has 0 saturated carbocycles. The standard InChI is InChI=1S/C14H22N2O3/c1-14(2,15-3)13(17)16(4)10-7-8-11(18-5)12(9-10)19-6/h7-9,15H,1-6H3. The van der Waals surface area contributed by atoms with Crippen LogP contribution in [0.5, 0.6) is 11.5 Å². The molecule has 1 amide bonds. The summed E-state index contributed by atoms with van der Waals surface area (Å²) in [7, 11) is 6.65. The number of carbonyl (C=O) groups is 1. The number of benzene rings is 1. The van der Waals surface area contributed by atoms with E-state index in [2.05, 4.69) is 5.32 Å². The van der Waals surface area contributed by atoms with Gasteiger partial charge in [0.05, 0.1) is 19.8 Å². The number of amides is 1. The molecule has 0 spiro atoms. The van der Waals surface area contributed by atoms with Gasteiger partial charge < -0.3 is 19.7 Å². The molecule has 1 N–H and O–H groups in total. The van der Waals surface area contributed by atoms with Gasteiger partial charge in [0.1, 0.15) is 0 Å². The van der Waals surface area contributed by atoms with Crippen molar-refractivity contribution in [3.63, 3.8) is 0 Å². The third-order valence-electron chi connectivity index (χ3n) is 3.22. The largest absolute Gasteiger partial charge is 0.493 e. The Labute approximate surface area is 114 Å². The van der Waals surface area contributed by atoms with Crippen molar-refractivity contribution in [3.05, 3.63) is 18.2 Å². The molecule has 0 heterocycles. The van der Waals surface area contributed by atoms with Gasteiger partial charge in [-0.05, 0) is 33.0 Å². The third-order valence-corrected chi connectivity index (χ3v) is 3.22. The molecule has 106 valence electrons. The van der Waals surface area contributed by atoms with Crippen LogP contribution in [0.25, 0.3) is 0 Å². The van der Waals surface area contributed by atoms with Gasteiger partial charge in [0.15, 0.2) is 11.5 Å². The lowest BCUT2D eigenvalue weighted by Crippen LogP contribution is -2.51. The first-order valence-corrected chi connectivity index (χ1v) is 6.06. The van der Waals surface area contributed by atoms with E-state index >= 15 is 0 Å². The van der Waals surface area contributed by atoms with Crippen LogP contribution in [0.4, 0.5) is 5.69 Å². The molecule has 0 bridgehead atoms. The lowest BCUT2D eigenvalue weighted by atomic mass is 10.0. The molecule has 5 heteroatoms. The summed E-state index contributed by atoms with van der Waals surface area (Å²) in [6.45, 7) is 3.68. The molecule has 0 aromatic heterocycles. The second kappa shape index (κ2) is 5.93. The van der Waals surface area contributed by atoms with Crippen molar-refractivity contribution in [1.29, 1.82) is 0 Å². The predicted octanol–water partition coefficient (Wildman–Crippen LogP) is 1.66. The van der Waals surface area contributed by atoms with E-state index in [1.54, 1.807) is 45.3 Å². The molecule has 1 rings (SSSR count). The normalized spacial score (nSPS) is 11.1. The van der Waals surface area contributed by atoms with Crippen LogP contribution >= 0.6 is 0 Å². The predicted molar refractivity (Wildman–Crippen MR) is 76.1 cm³/mol. The molecular formula is C14H22N2O3. The van der Waals surface area contributed by atoms with Crippen LogP contribution < -0.4 is 19.7 Å². The van der Waals surface area contributed by atoms with Crippen LogP contribution in [0.1, 0.15) is 13.8 Å². The molecule has 0 aliphatic heterocycles. The fourth-order valence-electron chi connectivity index (χ4n) is 1.68. The number of carbonyl (C=O) groups excluding carboxylic acids is 1. The summed E-state index contributed by atoms with van der Waals surface area (Å²) < 4.78 is 10.4. The Morgan fingerprint density at radius 1 is 1.21 bits per heavy atom. The van der Waals surface area contributed by atoms with Crippen LogP contribution in [0, 0.1) is 0 Å². The van der Waals surface area contributed by atoms with Gasteiger partial charge >= 0.3 is 0 Å². The zero-order valence-electron chi connectivity index (χ0n) is 12.4. The van der Waals surface area contributed by atoms with Crippen LogP contribution in [-0.4, -0.2) is 39.8 Å².